The third-order valence-electron chi connectivity index (χ3n) is 8.16. The Morgan fingerprint density at radius 3 is 2.84 bits per heavy atom. The summed E-state index contributed by atoms with van der Waals surface area (Å²) in [5.41, 5.74) is 10.3. The molecule has 4 aromatic rings. The predicted molar refractivity (Wildman–Crippen MR) is 147 cm³/mol. The Labute approximate surface area is 223 Å². The molecule has 0 saturated heterocycles. The number of halogens is 1. The van der Waals surface area contributed by atoms with E-state index in [1.165, 1.54) is 23.0 Å². The first-order valence-electron chi connectivity index (χ1n) is 12.7. The van der Waals surface area contributed by atoms with E-state index in [-0.39, 0.29) is 11.6 Å². The molecule has 0 amide bonds. The summed E-state index contributed by atoms with van der Waals surface area (Å²) in [5.74, 6) is 0.780. The molecule has 186 valence electrons. The Kier molecular flexibility index (Phi) is 4.49. The summed E-state index contributed by atoms with van der Waals surface area (Å²) in [6.45, 7) is 4.05. The summed E-state index contributed by atoms with van der Waals surface area (Å²) in [7, 11) is 0. The lowest BCUT2D eigenvalue weighted by Gasteiger charge is -2.20. The van der Waals surface area contributed by atoms with Gasteiger partial charge in [-0.15, -0.1) is 5.10 Å². The Morgan fingerprint density at radius 2 is 1.97 bits per heavy atom. The van der Waals surface area contributed by atoms with E-state index < -0.39 is 0 Å². The van der Waals surface area contributed by atoms with Gasteiger partial charge in [0.1, 0.15) is 6.33 Å². The van der Waals surface area contributed by atoms with Crippen LogP contribution in [-0.4, -0.2) is 30.5 Å². The number of allylic oxidation sites excluding steroid dienone is 2. The van der Waals surface area contributed by atoms with Gasteiger partial charge in [-0.3, -0.25) is 9.79 Å². The smallest absolute Gasteiger partial charge is 0.251 e. The maximum Gasteiger partial charge on any atom is 0.251 e. The summed E-state index contributed by atoms with van der Waals surface area (Å²) in [6.07, 6.45) is 6.20. The topological polar surface area (TPSA) is 90.0 Å². The van der Waals surface area contributed by atoms with Crippen molar-refractivity contribution in [2.24, 2.45) is 10.9 Å². The van der Waals surface area contributed by atoms with Crippen molar-refractivity contribution in [3.8, 4) is 16.8 Å². The average Bonchev–Trinajstić information content (AvgIpc) is 3.34. The molecule has 5 heterocycles. The summed E-state index contributed by atoms with van der Waals surface area (Å²) in [6, 6.07) is 15.9. The van der Waals surface area contributed by atoms with Crippen LogP contribution in [0.2, 0.25) is 5.02 Å². The number of fused-ring (bicyclic) bond motifs is 4. The van der Waals surface area contributed by atoms with Crippen LogP contribution in [0.5, 0.6) is 0 Å². The molecule has 4 aliphatic rings. The van der Waals surface area contributed by atoms with Crippen LogP contribution in [0, 0.1) is 5.92 Å². The number of anilines is 1. The predicted octanol–water partition coefficient (Wildman–Crippen LogP) is 5.17. The zero-order valence-corrected chi connectivity index (χ0v) is 21.1. The van der Waals surface area contributed by atoms with Gasteiger partial charge < -0.3 is 9.88 Å². The largest absolute Gasteiger partial charge is 0.359 e. The average molecular weight is 520 g/mol. The molecule has 2 aromatic carbocycles. The summed E-state index contributed by atoms with van der Waals surface area (Å²) >= 11 is 6.36. The van der Waals surface area contributed by atoms with Gasteiger partial charge in [-0.1, -0.05) is 24.2 Å². The van der Waals surface area contributed by atoms with Crippen molar-refractivity contribution in [2.45, 2.75) is 31.2 Å². The van der Waals surface area contributed by atoms with Crippen molar-refractivity contribution in [1.29, 1.82) is 0 Å². The van der Waals surface area contributed by atoms with Crippen molar-refractivity contribution >= 4 is 28.6 Å². The lowest BCUT2D eigenvalue weighted by Crippen LogP contribution is -2.29. The van der Waals surface area contributed by atoms with E-state index in [1.54, 1.807) is 16.8 Å². The van der Waals surface area contributed by atoms with E-state index in [4.69, 9.17) is 16.6 Å². The van der Waals surface area contributed by atoms with Crippen molar-refractivity contribution in [1.82, 2.24) is 24.8 Å². The van der Waals surface area contributed by atoms with Gasteiger partial charge in [0.05, 0.1) is 11.7 Å². The van der Waals surface area contributed by atoms with Gasteiger partial charge in [-0.25, -0.2) is 0 Å². The molecule has 3 aliphatic heterocycles. The van der Waals surface area contributed by atoms with E-state index in [2.05, 4.69) is 51.7 Å². The maximum atomic E-state index is 13.6. The number of nitrogens with zero attached hydrogens (tertiary/aromatic N) is 6. The maximum absolute atomic E-state index is 13.6. The Bertz CT molecular complexity index is 1800. The van der Waals surface area contributed by atoms with E-state index >= 15 is 0 Å². The lowest BCUT2D eigenvalue weighted by molar-refractivity contribution is 0.584. The standard InChI is InChI=1S/C29H22ClN7O/c1-15-6-18-7-16(2-4-24(18)33-15)19-8-25(31-13-19)29-23-12-22(23)27-9-17(10-28(38)37(27)29)21-11-20(30)3-5-26(21)36-14-32-34-35-36/h2-5,7,9-11,13-14,22-23,29,33H,1,6,8,12H2. The van der Waals surface area contributed by atoms with Crippen LogP contribution in [0.4, 0.5) is 5.69 Å². The minimum atomic E-state index is -0.0180. The van der Waals surface area contributed by atoms with Gasteiger partial charge in [0.25, 0.3) is 5.56 Å². The van der Waals surface area contributed by atoms with E-state index in [1.807, 2.05) is 22.9 Å². The molecule has 9 heteroatoms. The number of hydrogen-bond acceptors (Lipinski definition) is 6. The quantitative estimate of drug-likeness (QED) is 0.402. The zero-order chi connectivity index (χ0) is 25.5. The second-order valence-electron chi connectivity index (χ2n) is 10.5. The monoisotopic (exact) mass is 519 g/mol. The number of tetrazole rings is 1. The molecule has 1 saturated carbocycles. The van der Waals surface area contributed by atoms with Gasteiger partial charge in [0.15, 0.2) is 0 Å². The summed E-state index contributed by atoms with van der Waals surface area (Å²) in [4.78, 5) is 18.5. The first-order chi connectivity index (χ1) is 18.5. The molecule has 38 heavy (non-hydrogen) atoms. The molecule has 1 aliphatic carbocycles. The molecule has 3 unspecified atom stereocenters. The fourth-order valence-electron chi connectivity index (χ4n) is 6.37. The van der Waals surface area contributed by atoms with Crippen LogP contribution < -0.4 is 10.9 Å². The molecule has 0 bridgehead atoms. The number of aromatic nitrogens is 5. The fraction of sp³-hybridized carbons (Fsp3) is 0.207. The SMILES string of the molecule is C=C1Cc2cc(C3=CN=C(C4C5CC5c5cc(-c6cc(Cl)ccc6-n6cnnn6)cc(=O)n54)C3)ccc2N1. The Balaban J connectivity index is 1.13. The van der Waals surface area contributed by atoms with Crippen LogP contribution in [0.15, 0.2) is 83.1 Å². The molecule has 0 radical (unpaired) electrons. The van der Waals surface area contributed by atoms with Crippen LogP contribution in [0.1, 0.15) is 41.6 Å². The highest BCUT2D eigenvalue weighted by Crippen LogP contribution is 2.60. The zero-order valence-electron chi connectivity index (χ0n) is 20.3. The van der Waals surface area contributed by atoms with Crippen molar-refractivity contribution < 1.29 is 0 Å². The lowest BCUT2D eigenvalue weighted by atomic mass is 9.96. The highest BCUT2D eigenvalue weighted by Gasteiger charge is 2.54. The molecular weight excluding hydrogens is 498 g/mol. The van der Waals surface area contributed by atoms with Gasteiger partial charge in [0.2, 0.25) is 0 Å². The Hall–Kier alpha value is -4.30. The summed E-state index contributed by atoms with van der Waals surface area (Å²) < 4.78 is 3.56. The van der Waals surface area contributed by atoms with Crippen LogP contribution in [0.3, 0.4) is 0 Å². The molecule has 3 atom stereocenters. The molecular formula is C29H22ClN7O. The van der Waals surface area contributed by atoms with Crippen LogP contribution in [0.25, 0.3) is 22.4 Å². The minimum absolute atomic E-state index is 0.000446. The second-order valence-corrected chi connectivity index (χ2v) is 10.9. The van der Waals surface area contributed by atoms with Gasteiger partial charge in [0, 0.05) is 64.4 Å². The van der Waals surface area contributed by atoms with Crippen molar-refractivity contribution in [3.05, 3.63) is 106 Å². The minimum Gasteiger partial charge on any atom is -0.359 e. The fourth-order valence-corrected chi connectivity index (χ4v) is 6.54. The normalized spacial score (nSPS) is 22.4. The second kappa shape index (κ2) is 7.85. The van der Waals surface area contributed by atoms with Gasteiger partial charge in [-0.05, 0) is 81.4 Å². The highest BCUT2D eigenvalue weighted by atomic mass is 35.5. The van der Waals surface area contributed by atoms with Crippen LogP contribution >= 0.6 is 11.6 Å². The highest BCUT2D eigenvalue weighted by molar-refractivity contribution is 6.31. The third-order valence-corrected chi connectivity index (χ3v) is 8.39. The van der Waals surface area contributed by atoms with Gasteiger partial charge in [-0.2, -0.15) is 4.68 Å². The first kappa shape index (κ1) is 21.8. The van der Waals surface area contributed by atoms with E-state index in [0.29, 0.717) is 16.9 Å². The molecule has 8 rings (SSSR count). The number of benzene rings is 2. The van der Waals surface area contributed by atoms with Crippen molar-refractivity contribution in [2.75, 3.05) is 5.32 Å². The molecule has 8 nitrogen and oxygen atoms in total. The van der Waals surface area contributed by atoms with Crippen molar-refractivity contribution in [3.63, 3.8) is 0 Å². The van der Waals surface area contributed by atoms with E-state index in [0.717, 1.165) is 58.9 Å². The first-order valence-corrected chi connectivity index (χ1v) is 13.0. The number of hydrogen-bond donors (Lipinski definition) is 1. The Morgan fingerprint density at radius 1 is 1.05 bits per heavy atom. The summed E-state index contributed by atoms with van der Waals surface area (Å²) in [5, 5.41) is 15.5. The van der Waals surface area contributed by atoms with E-state index in [9.17, 15) is 4.79 Å². The number of rotatable bonds is 4. The van der Waals surface area contributed by atoms with Gasteiger partial charge >= 0.3 is 0 Å². The number of pyridine rings is 1. The molecule has 1 N–H and O–H groups in total. The number of nitrogens with one attached hydrogen (secondary N) is 1. The number of aliphatic imine (C=N–C) groups is 1. The molecule has 2 aromatic heterocycles. The molecule has 0 spiro atoms. The van der Waals surface area contributed by atoms with Crippen LogP contribution in [-0.2, 0) is 6.42 Å². The molecule has 1 fully saturated rings. The third kappa shape index (κ3) is 3.26.